The molecule has 1 saturated heterocycles. The van der Waals surface area contributed by atoms with Crippen molar-refractivity contribution in [1.29, 1.82) is 0 Å². The molecule has 1 fully saturated rings. The highest BCUT2D eigenvalue weighted by Gasteiger charge is 2.37. The van der Waals surface area contributed by atoms with E-state index in [-0.39, 0.29) is 30.9 Å². The van der Waals surface area contributed by atoms with E-state index in [9.17, 15) is 9.59 Å². The van der Waals surface area contributed by atoms with Crippen LogP contribution in [0.15, 0.2) is 59.1 Å². The summed E-state index contributed by atoms with van der Waals surface area (Å²) in [6.07, 6.45) is 0.219. The molecule has 0 spiro atoms. The van der Waals surface area contributed by atoms with E-state index in [0.717, 1.165) is 15.6 Å². The molecule has 3 rings (SSSR count). The number of rotatable bonds is 5. The number of likely N-dealkylation sites (tertiary alicyclic amines) is 1. The number of esters is 1. The van der Waals surface area contributed by atoms with Crippen LogP contribution >= 0.6 is 15.9 Å². The SMILES string of the molecule is C[C@@H](c1ccccc1)N1C[C@H](C(=O)OCc2ccc(Br)cc2)CC1=O. The monoisotopic (exact) mass is 401 g/mol. The maximum atomic E-state index is 12.3. The maximum Gasteiger partial charge on any atom is 0.311 e. The van der Waals surface area contributed by atoms with Gasteiger partial charge in [0.2, 0.25) is 5.91 Å². The Morgan fingerprint density at radius 1 is 1.20 bits per heavy atom. The smallest absolute Gasteiger partial charge is 0.311 e. The van der Waals surface area contributed by atoms with E-state index in [1.807, 2.05) is 61.5 Å². The van der Waals surface area contributed by atoms with Crippen molar-refractivity contribution in [3.63, 3.8) is 0 Å². The fourth-order valence-electron chi connectivity index (χ4n) is 3.03. The van der Waals surface area contributed by atoms with Gasteiger partial charge >= 0.3 is 5.97 Å². The van der Waals surface area contributed by atoms with Crippen LogP contribution in [0.2, 0.25) is 0 Å². The minimum Gasteiger partial charge on any atom is -0.461 e. The molecule has 0 aromatic heterocycles. The Kier molecular flexibility index (Phi) is 5.53. The van der Waals surface area contributed by atoms with Crippen LogP contribution < -0.4 is 0 Å². The Hall–Kier alpha value is -2.14. The third kappa shape index (κ3) is 4.28. The van der Waals surface area contributed by atoms with E-state index >= 15 is 0 Å². The highest BCUT2D eigenvalue weighted by molar-refractivity contribution is 9.10. The predicted octanol–water partition coefficient (Wildman–Crippen LogP) is 4.10. The second-order valence-corrected chi connectivity index (χ2v) is 7.18. The molecule has 2 atom stereocenters. The van der Waals surface area contributed by atoms with Gasteiger partial charge in [0.05, 0.1) is 12.0 Å². The first-order valence-corrected chi connectivity index (χ1v) is 9.09. The lowest BCUT2D eigenvalue weighted by molar-refractivity contribution is -0.149. The van der Waals surface area contributed by atoms with E-state index in [1.54, 1.807) is 4.90 Å². The molecule has 0 bridgehead atoms. The van der Waals surface area contributed by atoms with Crippen molar-refractivity contribution in [2.75, 3.05) is 6.54 Å². The second-order valence-electron chi connectivity index (χ2n) is 6.27. The first-order chi connectivity index (χ1) is 12.0. The number of carbonyl (C=O) groups excluding carboxylic acids is 2. The number of ether oxygens (including phenoxy) is 1. The number of halogens is 1. The van der Waals surface area contributed by atoms with Gasteiger partial charge in [-0.25, -0.2) is 0 Å². The molecule has 0 saturated carbocycles. The standard InChI is InChI=1S/C20H20BrNO3/c1-14(16-5-3-2-4-6-16)22-12-17(11-19(22)23)20(24)25-13-15-7-9-18(21)10-8-15/h2-10,14,17H,11-13H2,1H3/t14-,17+/m0/s1. The summed E-state index contributed by atoms with van der Waals surface area (Å²) in [4.78, 5) is 26.4. The van der Waals surface area contributed by atoms with E-state index < -0.39 is 5.92 Å². The van der Waals surface area contributed by atoms with Gasteiger partial charge in [-0.2, -0.15) is 0 Å². The van der Waals surface area contributed by atoms with Crippen LogP contribution in [0.1, 0.15) is 30.5 Å². The number of hydrogen-bond donors (Lipinski definition) is 0. The molecule has 0 unspecified atom stereocenters. The Morgan fingerprint density at radius 3 is 2.56 bits per heavy atom. The first-order valence-electron chi connectivity index (χ1n) is 8.30. The summed E-state index contributed by atoms with van der Waals surface area (Å²) < 4.78 is 6.38. The molecule has 130 valence electrons. The summed E-state index contributed by atoms with van der Waals surface area (Å²) in [6, 6.07) is 17.4. The van der Waals surface area contributed by atoms with Crippen LogP contribution in [-0.4, -0.2) is 23.3 Å². The maximum absolute atomic E-state index is 12.3. The predicted molar refractivity (Wildman–Crippen MR) is 98.6 cm³/mol. The molecule has 0 aliphatic carbocycles. The molecule has 0 radical (unpaired) electrons. The number of hydrogen-bond acceptors (Lipinski definition) is 3. The Labute approximate surface area is 155 Å². The minimum atomic E-state index is -0.394. The largest absolute Gasteiger partial charge is 0.461 e. The van der Waals surface area contributed by atoms with Crippen molar-refractivity contribution in [3.05, 3.63) is 70.2 Å². The summed E-state index contributed by atoms with van der Waals surface area (Å²) in [5, 5.41) is 0. The van der Waals surface area contributed by atoms with Gasteiger partial charge in [-0.3, -0.25) is 9.59 Å². The fourth-order valence-corrected chi connectivity index (χ4v) is 3.29. The lowest BCUT2D eigenvalue weighted by Gasteiger charge is -2.25. The zero-order valence-corrected chi connectivity index (χ0v) is 15.6. The van der Waals surface area contributed by atoms with Crippen molar-refractivity contribution >= 4 is 27.8 Å². The quantitative estimate of drug-likeness (QED) is 0.708. The highest BCUT2D eigenvalue weighted by Crippen LogP contribution is 2.29. The molecule has 2 aromatic carbocycles. The molecular weight excluding hydrogens is 382 g/mol. The van der Waals surface area contributed by atoms with Crippen molar-refractivity contribution in [1.82, 2.24) is 4.90 Å². The van der Waals surface area contributed by atoms with Gasteiger partial charge in [0.25, 0.3) is 0 Å². The third-order valence-corrected chi connectivity index (χ3v) is 5.06. The molecule has 5 heteroatoms. The third-order valence-electron chi connectivity index (χ3n) is 4.54. The van der Waals surface area contributed by atoms with Crippen LogP contribution in [0.4, 0.5) is 0 Å². The van der Waals surface area contributed by atoms with Crippen LogP contribution in [0.3, 0.4) is 0 Å². The first kappa shape index (κ1) is 17.7. The second kappa shape index (κ2) is 7.83. The molecule has 25 heavy (non-hydrogen) atoms. The zero-order valence-electron chi connectivity index (χ0n) is 14.0. The Balaban J connectivity index is 1.58. The topological polar surface area (TPSA) is 46.6 Å². The average molecular weight is 402 g/mol. The number of carbonyl (C=O) groups is 2. The van der Waals surface area contributed by atoms with E-state index in [4.69, 9.17) is 4.74 Å². The van der Waals surface area contributed by atoms with E-state index in [2.05, 4.69) is 15.9 Å². The van der Waals surface area contributed by atoms with Crippen LogP contribution in [0.25, 0.3) is 0 Å². The van der Waals surface area contributed by atoms with Gasteiger partial charge in [-0.1, -0.05) is 58.4 Å². The Morgan fingerprint density at radius 2 is 1.88 bits per heavy atom. The summed E-state index contributed by atoms with van der Waals surface area (Å²) in [5.74, 6) is -0.699. The lowest BCUT2D eigenvalue weighted by atomic mass is 10.1. The highest BCUT2D eigenvalue weighted by atomic mass is 79.9. The molecule has 1 aliphatic heterocycles. The number of nitrogens with zero attached hydrogens (tertiary/aromatic N) is 1. The van der Waals surface area contributed by atoms with Crippen molar-refractivity contribution in [2.24, 2.45) is 5.92 Å². The molecular formula is C20H20BrNO3. The van der Waals surface area contributed by atoms with Gasteiger partial charge in [-0.15, -0.1) is 0 Å². The Bertz CT molecular complexity index is 745. The number of amides is 1. The van der Waals surface area contributed by atoms with Gasteiger partial charge in [0.15, 0.2) is 0 Å². The van der Waals surface area contributed by atoms with Gasteiger partial charge in [0.1, 0.15) is 6.61 Å². The summed E-state index contributed by atoms with van der Waals surface area (Å²) >= 11 is 3.37. The molecule has 1 amide bonds. The summed E-state index contributed by atoms with van der Waals surface area (Å²) in [5.41, 5.74) is 2.00. The van der Waals surface area contributed by atoms with E-state index in [0.29, 0.717) is 6.54 Å². The fraction of sp³-hybridized carbons (Fsp3) is 0.300. The molecule has 1 aliphatic rings. The van der Waals surface area contributed by atoms with Gasteiger partial charge < -0.3 is 9.64 Å². The molecule has 2 aromatic rings. The van der Waals surface area contributed by atoms with Gasteiger partial charge in [-0.05, 0) is 30.2 Å². The zero-order chi connectivity index (χ0) is 17.8. The molecule has 0 N–H and O–H groups in total. The summed E-state index contributed by atoms with van der Waals surface area (Å²) in [6.45, 7) is 2.63. The van der Waals surface area contributed by atoms with Crippen molar-refractivity contribution < 1.29 is 14.3 Å². The van der Waals surface area contributed by atoms with E-state index in [1.165, 1.54) is 0 Å². The van der Waals surface area contributed by atoms with Crippen molar-refractivity contribution in [3.8, 4) is 0 Å². The minimum absolute atomic E-state index is 0.00180. The van der Waals surface area contributed by atoms with Gasteiger partial charge in [0, 0.05) is 17.4 Å². The summed E-state index contributed by atoms with van der Waals surface area (Å²) in [7, 11) is 0. The average Bonchev–Trinajstić information content (AvgIpc) is 3.03. The van der Waals surface area contributed by atoms with Crippen LogP contribution in [-0.2, 0) is 20.9 Å². The molecule has 4 nitrogen and oxygen atoms in total. The molecule has 1 heterocycles. The number of benzene rings is 2. The van der Waals surface area contributed by atoms with Crippen LogP contribution in [0.5, 0.6) is 0 Å². The lowest BCUT2D eigenvalue weighted by Crippen LogP contribution is -2.29. The normalized spacial score (nSPS) is 18.2. The van der Waals surface area contributed by atoms with Crippen LogP contribution in [0, 0.1) is 5.92 Å². The van der Waals surface area contributed by atoms with Crippen molar-refractivity contribution in [2.45, 2.75) is 26.0 Å².